The fourth-order valence-electron chi connectivity index (χ4n) is 4.48. The topological polar surface area (TPSA) is 76.3 Å². The van der Waals surface area contributed by atoms with E-state index in [1.807, 2.05) is 0 Å². The Bertz CT molecular complexity index is 1250. The number of nitrogens with zero attached hydrogens (tertiary/aromatic N) is 3. The lowest BCUT2D eigenvalue weighted by Crippen LogP contribution is -2.39. The first-order valence-corrected chi connectivity index (χ1v) is 11.6. The number of hydrogen-bond donors (Lipinski definition) is 0. The molecule has 6 nitrogen and oxygen atoms in total. The van der Waals surface area contributed by atoms with Gasteiger partial charge in [-0.25, -0.2) is 17.2 Å². The van der Waals surface area contributed by atoms with Crippen molar-refractivity contribution >= 4 is 10.0 Å². The maximum absolute atomic E-state index is 14.2. The highest BCUT2D eigenvalue weighted by Gasteiger charge is 2.59. The quantitative estimate of drug-likeness (QED) is 0.599. The highest BCUT2D eigenvalue weighted by Crippen LogP contribution is 2.64. The average molecular weight is 445 g/mol. The number of hydrogen-bond acceptors (Lipinski definition) is 5. The van der Waals surface area contributed by atoms with Gasteiger partial charge in [0.1, 0.15) is 16.5 Å². The maximum atomic E-state index is 14.2. The molecular weight excluding hydrogens is 424 g/mol. The zero-order valence-corrected chi connectivity index (χ0v) is 17.7. The molecule has 0 amide bonds. The molecule has 3 aromatic rings. The molecule has 31 heavy (non-hydrogen) atoms. The molecule has 2 heterocycles. The largest absolute Gasteiger partial charge is 0.420 e. The van der Waals surface area contributed by atoms with Gasteiger partial charge in [-0.1, -0.05) is 12.1 Å². The standard InChI is InChI=1S/C22H21F2N3O3S/c1-14-5-6-18(24)19(11-14)31(28,29)27-9-7-22(8-10-27)13-17(22)21-26-25-20(30-21)15-3-2-4-16(23)12-15/h2-6,11-12,17H,7-10,13H2,1H3/t17-/m0/s1. The molecule has 162 valence electrons. The van der Waals surface area contributed by atoms with Gasteiger partial charge in [0.15, 0.2) is 0 Å². The van der Waals surface area contributed by atoms with Gasteiger partial charge in [0.25, 0.3) is 0 Å². The molecule has 1 aliphatic heterocycles. The van der Waals surface area contributed by atoms with E-state index < -0.39 is 15.8 Å². The summed E-state index contributed by atoms with van der Waals surface area (Å²) in [6.07, 6.45) is 2.12. The molecule has 2 aromatic carbocycles. The summed E-state index contributed by atoms with van der Waals surface area (Å²) < 4.78 is 60.7. The van der Waals surface area contributed by atoms with Gasteiger partial charge < -0.3 is 4.42 Å². The van der Waals surface area contributed by atoms with Crippen LogP contribution in [-0.2, 0) is 10.0 Å². The fraction of sp³-hybridized carbons (Fsp3) is 0.364. The molecule has 9 heteroatoms. The molecule has 1 atom stereocenters. The van der Waals surface area contributed by atoms with Crippen LogP contribution < -0.4 is 0 Å². The summed E-state index contributed by atoms with van der Waals surface area (Å²) in [5.74, 6) is -0.278. The van der Waals surface area contributed by atoms with Crippen molar-refractivity contribution in [2.45, 2.75) is 37.0 Å². The fourth-order valence-corrected chi connectivity index (χ4v) is 6.07. The van der Waals surface area contributed by atoms with Crippen molar-refractivity contribution in [1.29, 1.82) is 0 Å². The normalized spacial score (nSPS) is 20.8. The van der Waals surface area contributed by atoms with Crippen LogP contribution in [0.2, 0.25) is 0 Å². The summed E-state index contributed by atoms with van der Waals surface area (Å²) in [7, 11) is -3.88. The molecule has 5 rings (SSSR count). The molecule has 1 aromatic heterocycles. The van der Waals surface area contributed by atoms with Crippen molar-refractivity contribution < 1.29 is 21.6 Å². The highest BCUT2D eigenvalue weighted by molar-refractivity contribution is 7.89. The second kappa shape index (κ2) is 7.20. The smallest absolute Gasteiger partial charge is 0.247 e. The Labute approximate surface area is 179 Å². The van der Waals surface area contributed by atoms with Crippen molar-refractivity contribution in [3.05, 3.63) is 65.6 Å². The van der Waals surface area contributed by atoms with Gasteiger partial charge in [-0.15, -0.1) is 10.2 Å². The summed E-state index contributed by atoms with van der Waals surface area (Å²) in [4.78, 5) is -0.271. The Morgan fingerprint density at radius 3 is 2.61 bits per heavy atom. The van der Waals surface area contributed by atoms with Crippen LogP contribution in [0.3, 0.4) is 0 Å². The van der Waals surface area contributed by atoms with E-state index in [1.165, 1.54) is 28.6 Å². The predicted octanol–water partition coefficient (Wildman–Crippen LogP) is 4.28. The van der Waals surface area contributed by atoms with E-state index >= 15 is 0 Å². The molecule has 2 fully saturated rings. The lowest BCUT2D eigenvalue weighted by atomic mass is 9.92. The zero-order valence-electron chi connectivity index (χ0n) is 16.9. The van der Waals surface area contributed by atoms with E-state index in [4.69, 9.17) is 4.42 Å². The number of rotatable bonds is 4. The van der Waals surface area contributed by atoms with Gasteiger partial charge >= 0.3 is 0 Å². The van der Waals surface area contributed by atoms with E-state index in [2.05, 4.69) is 10.2 Å². The van der Waals surface area contributed by atoms with Gasteiger partial charge in [-0.3, -0.25) is 0 Å². The summed E-state index contributed by atoms with van der Waals surface area (Å²) in [6.45, 7) is 2.37. The molecule has 1 saturated heterocycles. The van der Waals surface area contributed by atoms with Gasteiger partial charge in [-0.2, -0.15) is 4.31 Å². The van der Waals surface area contributed by atoms with Crippen LogP contribution in [0.15, 0.2) is 51.8 Å². The maximum Gasteiger partial charge on any atom is 0.247 e. The van der Waals surface area contributed by atoms with E-state index in [9.17, 15) is 17.2 Å². The Hall–Kier alpha value is -2.65. The van der Waals surface area contributed by atoms with Crippen molar-refractivity contribution in [1.82, 2.24) is 14.5 Å². The van der Waals surface area contributed by atoms with Crippen molar-refractivity contribution in [2.75, 3.05) is 13.1 Å². The summed E-state index contributed by atoms with van der Waals surface area (Å²) in [5, 5.41) is 8.20. The Morgan fingerprint density at radius 2 is 1.87 bits per heavy atom. The third-order valence-corrected chi connectivity index (χ3v) is 8.34. The minimum atomic E-state index is -3.88. The van der Waals surface area contributed by atoms with Crippen molar-refractivity contribution in [2.24, 2.45) is 5.41 Å². The lowest BCUT2D eigenvalue weighted by molar-refractivity contribution is 0.245. The van der Waals surface area contributed by atoms with Gasteiger partial charge in [-0.05, 0) is 67.5 Å². The summed E-state index contributed by atoms with van der Waals surface area (Å²) in [5.41, 5.74) is 1.14. The molecule has 0 unspecified atom stereocenters. The first-order valence-electron chi connectivity index (χ1n) is 10.1. The van der Waals surface area contributed by atoms with Crippen LogP contribution in [0.25, 0.3) is 11.5 Å². The molecular formula is C22H21F2N3O3S. The van der Waals surface area contributed by atoms with Crippen LogP contribution in [0, 0.1) is 24.0 Å². The van der Waals surface area contributed by atoms with Gasteiger partial charge in [0.2, 0.25) is 21.8 Å². The average Bonchev–Trinajstić information content (AvgIpc) is 3.21. The van der Waals surface area contributed by atoms with Gasteiger partial charge in [0, 0.05) is 24.6 Å². The molecule has 1 spiro atoms. The lowest BCUT2D eigenvalue weighted by Gasteiger charge is -2.32. The first kappa shape index (κ1) is 20.3. The third kappa shape index (κ3) is 3.55. The number of sulfonamides is 1. The molecule has 0 N–H and O–H groups in total. The minimum Gasteiger partial charge on any atom is -0.420 e. The number of piperidine rings is 1. The SMILES string of the molecule is Cc1ccc(F)c(S(=O)(=O)N2CCC3(CC2)C[C@H]3c2nnc(-c3cccc(F)c3)o2)c1. The highest BCUT2D eigenvalue weighted by atomic mass is 32.2. The molecule has 1 saturated carbocycles. The number of aryl methyl sites for hydroxylation is 1. The van der Waals surface area contributed by atoms with Crippen LogP contribution in [0.5, 0.6) is 0 Å². The van der Waals surface area contributed by atoms with Crippen molar-refractivity contribution in [3.8, 4) is 11.5 Å². The van der Waals surface area contributed by atoms with E-state index in [-0.39, 0.29) is 27.9 Å². The van der Waals surface area contributed by atoms with Crippen LogP contribution in [0.4, 0.5) is 8.78 Å². The Balaban J connectivity index is 1.29. The Kier molecular flexibility index (Phi) is 4.71. The molecule has 0 radical (unpaired) electrons. The monoisotopic (exact) mass is 445 g/mol. The van der Waals surface area contributed by atoms with Crippen LogP contribution >= 0.6 is 0 Å². The molecule has 2 aliphatic rings. The number of aromatic nitrogens is 2. The second-order valence-corrected chi connectivity index (χ2v) is 10.3. The molecule has 1 aliphatic carbocycles. The van der Waals surface area contributed by atoms with Crippen molar-refractivity contribution in [3.63, 3.8) is 0 Å². The third-order valence-electron chi connectivity index (χ3n) is 6.42. The first-order chi connectivity index (χ1) is 14.8. The van der Waals surface area contributed by atoms with Gasteiger partial charge in [0.05, 0.1) is 0 Å². The van der Waals surface area contributed by atoms with Crippen LogP contribution in [0.1, 0.15) is 36.6 Å². The van der Waals surface area contributed by atoms with E-state index in [0.717, 1.165) is 6.42 Å². The number of benzene rings is 2. The minimum absolute atomic E-state index is 0.0582. The summed E-state index contributed by atoms with van der Waals surface area (Å²) in [6, 6.07) is 10.1. The van der Waals surface area contributed by atoms with E-state index in [1.54, 1.807) is 25.1 Å². The van der Waals surface area contributed by atoms with Crippen LogP contribution in [-0.4, -0.2) is 36.0 Å². The second-order valence-electron chi connectivity index (χ2n) is 8.41. The zero-order chi connectivity index (χ0) is 21.8. The number of halogens is 2. The Morgan fingerprint density at radius 1 is 1.10 bits per heavy atom. The summed E-state index contributed by atoms with van der Waals surface area (Å²) >= 11 is 0. The van der Waals surface area contributed by atoms with E-state index in [0.29, 0.717) is 42.9 Å². The molecule has 0 bridgehead atoms. The predicted molar refractivity (Wildman–Crippen MR) is 109 cm³/mol.